The predicted octanol–water partition coefficient (Wildman–Crippen LogP) is 2.02. The van der Waals surface area contributed by atoms with Gasteiger partial charge in [-0.1, -0.05) is 13.0 Å². The van der Waals surface area contributed by atoms with E-state index in [1.807, 2.05) is 6.08 Å². The Morgan fingerprint density at radius 2 is 2.36 bits per heavy atom. The highest BCUT2D eigenvalue weighted by Gasteiger charge is 2.33. The molecule has 1 aliphatic heterocycles. The molecule has 82 valence electrons. The lowest BCUT2D eigenvalue weighted by molar-refractivity contribution is 0.0759. The smallest absolute Gasteiger partial charge is 0.0278 e. The molecule has 0 aromatic rings. The SMILES string of the molecule is C=CC(C)N1CC(C)(CC)NCC1C. The van der Waals surface area contributed by atoms with Crippen LogP contribution in [0, 0.1) is 0 Å². The summed E-state index contributed by atoms with van der Waals surface area (Å²) in [6, 6.07) is 1.10. The molecule has 1 aliphatic rings. The second-order valence-electron chi connectivity index (χ2n) is 4.79. The van der Waals surface area contributed by atoms with Gasteiger partial charge in [0.1, 0.15) is 0 Å². The highest BCUT2D eigenvalue weighted by Crippen LogP contribution is 2.20. The largest absolute Gasteiger partial charge is 0.309 e. The van der Waals surface area contributed by atoms with E-state index in [1.165, 1.54) is 6.42 Å². The maximum Gasteiger partial charge on any atom is 0.0278 e. The molecule has 0 amide bonds. The van der Waals surface area contributed by atoms with Gasteiger partial charge in [-0.25, -0.2) is 0 Å². The Labute approximate surface area is 88.4 Å². The Hall–Kier alpha value is -0.340. The lowest BCUT2D eigenvalue weighted by atomic mass is 9.93. The number of hydrogen-bond acceptors (Lipinski definition) is 2. The first kappa shape index (κ1) is 11.7. The Bertz CT molecular complexity index is 202. The first-order valence-electron chi connectivity index (χ1n) is 5.65. The van der Waals surface area contributed by atoms with Crippen LogP contribution >= 0.6 is 0 Å². The Kier molecular flexibility index (Phi) is 3.73. The van der Waals surface area contributed by atoms with Crippen LogP contribution in [-0.2, 0) is 0 Å². The zero-order chi connectivity index (χ0) is 10.8. The van der Waals surface area contributed by atoms with Crippen LogP contribution in [0.2, 0.25) is 0 Å². The van der Waals surface area contributed by atoms with Gasteiger partial charge in [-0.3, -0.25) is 4.90 Å². The van der Waals surface area contributed by atoms with Crippen LogP contribution in [-0.4, -0.2) is 35.6 Å². The van der Waals surface area contributed by atoms with E-state index < -0.39 is 0 Å². The molecule has 0 aliphatic carbocycles. The monoisotopic (exact) mass is 196 g/mol. The fourth-order valence-electron chi connectivity index (χ4n) is 2.04. The van der Waals surface area contributed by atoms with E-state index in [4.69, 9.17) is 0 Å². The number of piperazine rings is 1. The van der Waals surface area contributed by atoms with Gasteiger partial charge >= 0.3 is 0 Å². The average molecular weight is 196 g/mol. The van der Waals surface area contributed by atoms with Gasteiger partial charge in [-0.15, -0.1) is 6.58 Å². The molecule has 2 nitrogen and oxygen atoms in total. The summed E-state index contributed by atoms with van der Waals surface area (Å²) in [6.07, 6.45) is 3.22. The summed E-state index contributed by atoms with van der Waals surface area (Å²) in [5, 5.41) is 3.63. The van der Waals surface area contributed by atoms with Crippen molar-refractivity contribution in [3.63, 3.8) is 0 Å². The maximum atomic E-state index is 3.88. The molecule has 3 unspecified atom stereocenters. The molecule has 0 spiro atoms. The van der Waals surface area contributed by atoms with Gasteiger partial charge in [-0.05, 0) is 27.2 Å². The first-order valence-corrected chi connectivity index (χ1v) is 5.65. The van der Waals surface area contributed by atoms with Crippen LogP contribution in [0.3, 0.4) is 0 Å². The minimum atomic E-state index is 0.282. The average Bonchev–Trinajstić information content (AvgIpc) is 2.21. The summed E-state index contributed by atoms with van der Waals surface area (Å²) < 4.78 is 0. The van der Waals surface area contributed by atoms with Crippen LogP contribution in [0.1, 0.15) is 34.1 Å². The van der Waals surface area contributed by atoms with Crippen LogP contribution in [0.25, 0.3) is 0 Å². The van der Waals surface area contributed by atoms with Crippen LogP contribution in [0.15, 0.2) is 12.7 Å². The molecular weight excluding hydrogens is 172 g/mol. The van der Waals surface area contributed by atoms with Gasteiger partial charge < -0.3 is 5.32 Å². The van der Waals surface area contributed by atoms with Crippen LogP contribution in [0.5, 0.6) is 0 Å². The molecule has 0 aromatic carbocycles. The number of nitrogens with zero attached hydrogens (tertiary/aromatic N) is 1. The molecule has 1 rings (SSSR count). The van der Waals surface area contributed by atoms with Crippen molar-refractivity contribution in [3.8, 4) is 0 Å². The summed E-state index contributed by atoms with van der Waals surface area (Å²) >= 11 is 0. The normalized spacial score (nSPS) is 36.7. The molecular formula is C12H24N2. The molecule has 1 N–H and O–H groups in total. The molecule has 2 heteroatoms. The van der Waals surface area contributed by atoms with Crippen molar-refractivity contribution in [2.45, 2.75) is 51.7 Å². The van der Waals surface area contributed by atoms with Gasteiger partial charge in [-0.2, -0.15) is 0 Å². The van der Waals surface area contributed by atoms with E-state index in [0.717, 1.165) is 13.1 Å². The minimum absolute atomic E-state index is 0.282. The lowest BCUT2D eigenvalue weighted by Gasteiger charge is -2.47. The predicted molar refractivity (Wildman–Crippen MR) is 62.5 cm³/mol. The van der Waals surface area contributed by atoms with Crippen molar-refractivity contribution in [2.24, 2.45) is 0 Å². The summed E-state index contributed by atoms with van der Waals surface area (Å²) in [6.45, 7) is 15.2. The third-order valence-corrected chi connectivity index (χ3v) is 3.57. The van der Waals surface area contributed by atoms with Crippen molar-refractivity contribution in [3.05, 3.63) is 12.7 Å². The maximum absolute atomic E-state index is 3.88. The Morgan fingerprint density at radius 3 is 2.86 bits per heavy atom. The highest BCUT2D eigenvalue weighted by atomic mass is 15.3. The Morgan fingerprint density at radius 1 is 1.71 bits per heavy atom. The molecule has 3 atom stereocenters. The molecule has 0 saturated carbocycles. The quantitative estimate of drug-likeness (QED) is 0.695. The van der Waals surface area contributed by atoms with Gasteiger partial charge in [0.25, 0.3) is 0 Å². The molecule has 0 aromatic heterocycles. The topological polar surface area (TPSA) is 15.3 Å². The fourth-order valence-corrected chi connectivity index (χ4v) is 2.04. The number of nitrogens with one attached hydrogen (secondary N) is 1. The number of rotatable bonds is 3. The van der Waals surface area contributed by atoms with E-state index in [-0.39, 0.29) is 5.54 Å². The van der Waals surface area contributed by atoms with Gasteiger partial charge in [0.05, 0.1) is 0 Å². The molecule has 1 fully saturated rings. The van der Waals surface area contributed by atoms with Gasteiger partial charge in [0, 0.05) is 30.7 Å². The fraction of sp³-hybridized carbons (Fsp3) is 0.833. The van der Waals surface area contributed by atoms with Gasteiger partial charge in [0.2, 0.25) is 0 Å². The summed E-state index contributed by atoms with van der Waals surface area (Å²) in [4.78, 5) is 2.53. The number of hydrogen-bond donors (Lipinski definition) is 1. The first-order chi connectivity index (χ1) is 6.52. The molecule has 0 radical (unpaired) electrons. The van der Waals surface area contributed by atoms with Crippen molar-refractivity contribution in [2.75, 3.05) is 13.1 Å². The zero-order valence-electron chi connectivity index (χ0n) is 10.0. The second kappa shape index (κ2) is 4.45. The van der Waals surface area contributed by atoms with E-state index >= 15 is 0 Å². The molecule has 1 heterocycles. The summed E-state index contributed by atoms with van der Waals surface area (Å²) in [5.74, 6) is 0. The zero-order valence-corrected chi connectivity index (χ0v) is 10.0. The van der Waals surface area contributed by atoms with Crippen molar-refractivity contribution >= 4 is 0 Å². The summed E-state index contributed by atoms with van der Waals surface area (Å²) in [5.41, 5.74) is 0.282. The second-order valence-corrected chi connectivity index (χ2v) is 4.79. The van der Waals surface area contributed by atoms with Crippen LogP contribution < -0.4 is 5.32 Å². The third kappa shape index (κ3) is 2.37. The molecule has 14 heavy (non-hydrogen) atoms. The van der Waals surface area contributed by atoms with Crippen molar-refractivity contribution in [1.29, 1.82) is 0 Å². The van der Waals surface area contributed by atoms with Crippen molar-refractivity contribution in [1.82, 2.24) is 10.2 Å². The highest BCUT2D eigenvalue weighted by molar-refractivity contribution is 4.98. The van der Waals surface area contributed by atoms with E-state index in [1.54, 1.807) is 0 Å². The van der Waals surface area contributed by atoms with Crippen molar-refractivity contribution < 1.29 is 0 Å². The lowest BCUT2D eigenvalue weighted by Crippen LogP contribution is -2.63. The molecule has 1 saturated heterocycles. The van der Waals surface area contributed by atoms with E-state index in [2.05, 4.69) is 44.5 Å². The standard InChI is InChI=1S/C12H24N2/c1-6-10(3)14-9-12(5,7-2)13-8-11(14)4/h6,10-11,13H,1,7-9H2,2-5H3. The van der Waals surface area contributed by atoms with E-state index in [0.29, 0.717) is 12.1 Å². The van der Waals surface area contributed by atoms with Gasteiger partial charge in [0.15, 0.2) is 0 Å². The third-order valence-electron chi connectivity index (χ3n) is 3.57. The Balaban J connectivity index is 2.68. The van der Waals surface area contributed by atoms with E-state index in [9.17, 15) is 0 Å². The minimum Gasteiger partial charge on any atom is -0.309 e. The summed E-state index contributed by atoms with van der Waals surface area (Å²) in [7, 11) is 0. The molecule has 0 bridgehead atoms. The van der Waals surface area contributed by atoms with Crippen LogP contribution in [0.4, 0.5) is 0 Å².